The lowest BCUT2D eigenvalue weighted by atomic mass is 9.84. The van der Waals surface area contributed by atoms with Gasteiger partial charge in [-0.15, -0.1) is 33.2 Å². The highest BCUT2D eigenvalue weighted by atomic mass is 35.8. The highest BCUT2D eigenvalue weighted by molar-refractivity contribution is 7.64. The van der Waals surface area contributed by atoms with Gasteiger partial charge in [0.1, 0.15) is 0 Å². The number of hydrogen-bond donors (Lipinski definition) is 0. The molecule has 0 nitrogen and oxygen atoms in total. The van der Waals surface area contributed by atoms with Crippen molar-refractivity contribution in [3.8, 4) is 0 Å². The molecule has 2 aliphatic rings. The molecule has 86 valence electrons. The van der Waals surface area contributed by atoms with Crippen LogP contribution >= 0.6 is 33.2 Å². The van der Waals surface area contributed by atoms with Crippen LogP contribution in [0.4, 0.5) is 0 Å². The third-order valence-electron chi connectivity index (χ3n) is 4.03. The quantitative estimate of drug-likeness (QED) is 0.387. The van der Waals surface area contributed by atoms with Gasteiger partial charge >= 0.3 is 6.00 Å². The number of halogens is 3. The Morgan fingerprint density at radius 1 is 1.33 bits per heavy atom. The minimum atomic E-state index is -2.38. The van der Waals surface area contributed by atoms with Gasteiger partial charge in [-0.3, -0.25) is 0 Å². The Labute approximate surface area is 107 Å². The van der Waals surface area contributed by atoms with Gasteiger partial charge in [0, 0.05) is 0 Å². The van der Waals surface area contributed by atoms with Crippen LogP contribution in [0.25, 0.3) is 0 Å². The van der Waals surface area contributed by atoms with Crippen molar-refractivity contribution in [2.75, 3.05) is 0 Å². The molecule has 2 aliphatic carbocycles. The minimum absolute atomic E-state index is 0.835. The molecule has 0 amide bonds. The fourth-order valence-corrected chi connectivity index (χ4v) is 4.97. The van der Waals surface area contributed by atoms with Crippen LogP contribution in [0.1, 0.15) is 32.6 Å². The summed E-state index contributed by atoms with van der Waals surface area (Å²) in [6.07, 6.45) is 7.50. The lowest BCUT2D eigenvalue weighted by molar-refractivity contribution is 0.361. The van der Waals surface area contributed by atoms with Crippen LogP contribution in [0, 0.1) is 17.8 Å². The molecule has 4 heteroatoms. The smallest absolute Gasteiger partial charge is 0.126 e. The van der Waals surface area contributed by atoms with Crippen LogP contribution < -0.4 is 0 Å². The summed E-state index contributed by atoms with van der Waals surface area (Å²) in [4.78, 5) is 0. The van der Waals surface area contributed by atoms with Crippen LogP contribution in [0.5, 0.6) is 0 Å². The second-order valence-electron chi connectivity index (χ2n) is 4.91. The van der Waals surface area contributed by atoms with Gasteiger partial charge in [-0.25, -0.2) is 0 Å². The van der Waals surface area contributed by atoms with E-state index >= 15 is 0 Å². The summed E-state index contributed by atoms with van der Waals surface area (Å²) < 4.78 is 0. The fraction of sp³-hybridized carbons (Fsp3) is 0.818. The van der Waals surface area contributed by atoms with Crippen molar-refractivity contribution in [3.63, 3.8) is 0 Å². The largest absolute Gasteiger partial charge is 0.341 e. The van der Waals surface area contributed by atoms with E-state index in [1.54, 1.807) is 5.57 Å². The van der Waals surface area contributed by atoms with Gasteiger partial charge in [-0.1, -0.05) is 11.6 Å². The molecule has 3 unspecified atom stereocenters. The number of fused-ring (bicyclic) bond motifs is 2. The Hall–Kier alpha value is 0.827. The van der Waals surface area contributed by atoms with Gasteiger partial charge in [-0.2, -0.15) is 0 Å². The summed E-state index contributed by atoms with van der Waals surface area (Å²) in [5.41, 5.74) is 1.68. The summed E-state index contributed by atoms with van der Waals surface area (Å²) in [5, 5.41) is 0. The highest BCUT2D eigenvalue weighted by Gasteiger charge is 2.42. The highest BCUT2D eigenvalue weighted by Crippen LogP contribution is 2.53. The molecular weight excluding hydrogens is 267 g/mol. The van der Waals surface area contributed by atoms with Gasteiger partial charge in [0.2, 0.25) is 0 Å². The zero-order valence-corrected chi connectivity index (χ0v) is 12.2. The summed E-state index contributed by atoms with van der Waals surface area (Å²) in [5.74, 6) is 2.59. The third-order valence-corrected chi connectivity index (χ3v) is 6.59. The predicted molar refractivity (Wildman–Crippen MR) is 70.8 cm³/mol. The number of rotatable bonds is 3. The van der Waals surface area contributed by atoms with E-state index in [-0.39, 0.29) is 0 Å². The van der Waals surface area contributed by atoms with Crippen molar-refractivity contribution in [1.29, 1.82) is 0 Å². The fourth-order valence-electron chi connectivity index (χ4n) is 3.29. The molecule has 0 aromatic rings. The molecule has 0 aromatic carbocycles. The maximum atomic E-state index is 5.93. The van der Waals surface area contributed by atoms with E-state index in [9.17, 15) is 0 Å². The van der Waals surface area contributed by atoms with Crippen LogP contribution in [0.15, 0.2) is 11.6 Å². The summed E-state index contributed by atoms with van der Waals surface area (Å²) in [6, 6.07) is -1.53. The maximum absolute atomic E-state index is 5.93. The molecule has 0 aliphatic heterocycles. The first-order chi connectivity index (χ1) is 6.99. The summed E-state index contributed by atoms with van der Waals surface area (Å²) in [6.45, 7) is 2.17. The van der Waals surface area contributed by atoms with Gasteiger partial charge < -0.3 is 0 Å². The van der Waals surface area contributed by atoms with E-state index in [4.69, 9.17) is 33.2 Å². The van der Waals surface area contributed by atoms with E-state index in [1.165, 1.54) is 19.3 Å². The first kappa shape index (κ1) is 12.3. The average molecular weight is 284 g/mol. The van der Waals surface area contributed by atoms with Crippen molar-refractivity contribution in [2.45, 2.75) is 38.7 Å². The molecule has 0 N–H and O–H groups in total. The number of hydrogen-bond acceptors (Lipinski definition) is 0. The van der Waals surface area contributed by atoms with E-state index < -0.39 is 6.00 Å². The molecule has 0 aromatic heterocycles. The van der Waals surface area contributed by atoms with E-state index in [2.05, 4.69) is 13.0 Å². The zero-order chi connectivity index (χ0) is 11.1. The Kier molecular flexibility index (Phi) is 3.77. The second kappa shape index (κ2) is 4.60. The SMILES string of the molecule is CC=C1CC2CC1CC2CC[Si](Cl)(Cl)Cl. The third kappa shape index (κ3) is 2.94. The molecule has 2 rings (SSSR count). The van der Waals surface area contributed by atoms with Crippen LogP contribution in [-0.4, -0.2) is 6.00 Å². The molecule has 0 saturated heterocycles. The average Bonchev–Trinajstić information content (AvgIpc) is 2.71. The van der Waals surface area contributed by atoms with E-state index in [0.717, 1.165) is 30.2 Å². The Morgan fingerprint density at radius 3 is 2.53 bits per heavy atom. The van der Waals surface area contributed by atoms with Crippen molar-refractivity contribution in [1.82, 2.24) is 0 Å². The lowest BCUT2D eigenvalue weighted by Crippen LogP contribution is -2.16. The maximum Gasteiger partial charge on any atom is 0.341 e. The van der Waals surface area contributed by atoms with Crippen molar-refractivity contribution >= 4 is 39.2 Å². The van der Waals surface area contributed by atoms with Crippen molar-refractivity contribution in [2.24, 2.45) is 17.8 Å². The lowest BCUT2D eigenvalue weighted by Gasteiger charge is -2.24. The molecule has 15 heavy (non-hydrogen) atoms. The predicted octanol–water partition coefficient (Wildman–Crippen LogP) is 5.02. The first-order valence-electron chi connectivity index (χ1n) is 5.71. The van der Waals surface area contributed by atoms with Crippen molar-refractivity contribution in [3.05, 3.63) is 11.6 Å². The second-order valence-corrected chi connectivity index (χ2v) is 14.2. The Morgan fingerprint density at radius 2 is 2.07 bits per heavy atom. The van der Waals surface area contributed by atoms with E-state index in [1.807, 2.05) is 0 Å². The monoisotopic (exact) mass is 282 g/mol. The molecular formula is C11H17Cl3Si. The summed E-state index contributed by atoms with van der Waals surface area (Å²) >= 11 is 17.8. The molecule has 0 radical (unpaired) electrons. The van der Waals surface area contributed by atoms with Crippen LogP contribution in [-0.2, 0) is 0 Å². The first-order valence-corrected chi connectivity index (χ1v) is 11.0. The Bertz CT molecular complexity index is 269. The van der Waals surface area contributed by atoms with Crippen LogP contribution in [0.3, 0.4) is 0 Å². The van der Waals surface area contributed by atoms with Gasteiger partial charge in [0.15, 0.2) is 0 Å². The normalized spacial score (nSPS) is 37.9. The minimum Gasteiger partial charge on any atom is -0.126 e. The van der Waals surface area contributed by atoms with Gasteiger partial charge in [0.25, 0.3) is 0 Å². The Balaban J connectivity index is 1.85. The van der Waals surface area contributed by atoms with Crippen molar-refractivity contribution < 1.29 is 0 Å². The summed E-state index contributed by atoms with van der Waals surface area (Å²) in [7, 11) is 0. The molecule has 2 fully saturated rings. The molecule has 0 heterocycles. The van der Waals surface area contributed by atoms with Crippen LogP contribution in [0.2, 0.25) is 6.04 Å². The van der Waals surface area contributed by atoms with E-state index in [0.29, 0.717) is 0 Å². The number of allylic oxidation sites excluding steroid dienone is 2. The molecule has 0 spiro atoms. The molecule has 3 atom stereocenters. The zero-order valence-electron chi connectivity index (χ0n) is 8.98. The van der Waals surface area contributed by atoms with Gasteiger partial charge in [0.05, 0.1) is 0 Å². The molecule has 2 saturated carbocycles. The van der Waals surface area contributed by atoms with Gasteiger partial charge in [-0.05, 0) is 56.4 Å². The topological polar surface area (TPSA) is 0 Å². The molecule has 2 bridgehead atoms. The standard InChI is InChI=1S/C11H17Cl3Si/c1-2-8-5-11-7-10(8)6-9(11)3-4-15(12,13)14/h2,9-11H,3-7H2,1H3.